The number of carbonyl (C=O) groups is 3. The lowest BCUT2D eigenvalue weighted by Gasteiger charge is -2.50. The Kier molecular flexibility index (Phi) is 6.38. The van der Waals surface area contributed by atoms with Crippen molar-refractivity contribution in [2.24, 2.45) is 5.16 Å². The summed E-state index contributed by atoms with van der Waals surface area (Å²) < 4.78 is 5.79. The van der Waals surface area contributed by atoms with E-state index in [9.17, 15) is 19.5 Å². The van der Waals surface area contributed by atoms with E-state index in [4.69, 9.17) is 10.6 Å². The van der Waals surface area contributed by atoms with Crippen molar-refractivity contribution < 1.29 is 28.9 Å². The van der Waals surface area contributed by atoms with Gasteiger partial charge in [0.1, 0.15) is 18.0 Å². The van der Waals surface area contributed by atoms with Crippen LogP contribution in [0.2, 0.25) is 0 Å². The minimum absolute atomic E-state index is 0.0243. The third kappa shape index (κ3) is 4.18. The fraction of sp³-hybridized carbons (Fsp3) is 0.353. The molecule has 0 bridgehead atoms. The molecular weight excluding hydrogens is 478 g/mol. The number of rotatable bonds is 8. The molecule has 2 amide bonds. The number of carboxylic acids is 1. The summed E-state index contributed by atoms with van der Waals surface area (Å²) in [5, 5.41) is 19.6. The highest BCUT2D eigenvalue weighted by molar-refractivity contribution is 8.00. The first-order valence-corrected chi connectivity index (χ1v) is 12.1. The molecule has 4 rings (SSSR count). The molecule has 2 aromatic heterocycles. The zero-order valence-electron chi connectivity index (χ0n) is 16.6. The largest absolute Gasteiger partial charge is 0.543 e. The lowest BCUT2D eigenvalue weighted by Crippen LogP contribution is -2.71. The smallest absolute Gasteiger partial charge is 0.278 e. The minimum Gasteiger partial charge on any atom is -0.543 e. The first kappa shape index (κ1) is 22.2. The number of nitrogen functional groups attached to an aromatic ring is 1. The van der Waals surface area contributed by atoms with Crippen molar-refractivity contribution in [3.05, 3.63) is 34.2 Å². The minimum atomic E-state index is -1.43. The topological polar surface area (TPSA) is 167 Å². The summed E-state index contributed by atoms with van der Waals surface area (Å²) in [5.74, 6) is -2.36. The normalized spacial score (nSPS) is 20.6. The average Bonchev–Trinajstić information content (AvgIpc) is 3.43. The van der Waals surface area contributed by atoms with Gasteiger partial charge in [-0.3, -0.25) is 14.5 Å². The summed E-state index contributed by atoms with van der Waals surface area (Å²) in [4.78, 5) is 47.5. The Balaban J connectivity index is 1.53. The van der Waals surface area contributed by atoms with Gasteiger partial charge in [0.2, 0.25) is 17.0 Å². The Morgan fingerprint density at radius 3 is 2.94 bits per heavy atom. The van der Waals surface area contributed by atoms with Gasteiger partial charge in [-0.1, -0.05) is 16.5 Å². The van der Waals surface area contributed by atoms with Gasteiger partial charge in [-0.25, -0.2) is 0 Å². The highest BCUT2D eigenvalue weighted by Crippen LogP contribution is 2.40. The number of hydrogen-bond acceptors (Lipinski definition) is 12. The number of aromatic nitrogens is 3. The molecule has 0 aromatic carbocycles. The first-order valence-electron chi connectivity index (χ1n) is 9.30. The summed E-state index contributed by atoms with van der Waals surface area (Å²) in [6, 6.07) is -0.944. The van der Waals surface area contributed by atoms with E-state index < -0.39 is 29.2 Å². The molecule has 2 atom stereocenters. The van der Waals surface area contributed by atoms with Gasteiger partial charge >= 0.3 is 0 Å². The van der Waals surface area contributed by atoms with Gasteiger partial charge in [0.05, 0.1) is 17.0 Å². The molecule has 168 valence electrons. The number of oxime groups is 1. The zero-order chi connectivity index (χ0) is 22.8. The van der Waals surface area contributed by atoms with Gasteiger partial charge in [0, 0.05) is 22.9 Å². The summed E-state index contributed by atoms with van der Waals surface area (Å²) in [6.45, 7) is 2.22. The molecule has 0 radical (unpaired) electrons. The van der Waals surface area contributed by atoms with E-state index in [-0.39, 0.29) is 29.0 Å². The number of thioether (sulfide) groups is 1. The number of hydrogen-bond donors (Lipinski definition) is 2. The molecular formula is C17H17N7O5S3. The second-order valence-corrected chi connectivity index (χ2v) is 9.26. The number of carbonyl (C=O) groups excluding carboxylic acids is 3. The molecule has 2 aromatic rings. The number of nitrogens with one attached hydrogen (secondary N) is 1. The Morgan fingerprint density at radius 1 is 1.50 bits per heavy atom. The van der Waals surface area contributed by atoms with Crippen LogP contribution in [-0.2, 0) is 25.8 Å². The van der Waals surface area contributed by atoms with Gasteiger partial charge in [-0.15, -0.1) is 11.8 Å². The lowest BCUT2D eigenvalue weighted by molar-refractivity contribution is -0.684. The fourth-order valence-corrected chi connectivity index (χ4v) is 5.59. The molecule has 0 spiro atoms. The van der Waals surface area contributed by atoms with Gasteiger partial charge in [0.25, 0.3) is 11.8 Å². The predicted molar refractivity (Wildman–Crippen MR) is 114 cm³/mol. The fourth-order valence-electron chi connectivity index (χ4n) is 3.22. The van der Waals surface area contributed by atoms with Crippen LogP contribution >= 0.6 is 34.6 Å². The number of thiazole rings is 1. The van der Waals surface area contributed by atoms with E-state index in [2.05, 4.69) is 19.8 Å². The van der Waals surface area contributed by atoms with E-state index in [1.54, 1.807) is 6.92 Å². The first-order chi connectivity index (χ1) is 15.4. The molecule has 1 fully saturated rings. The standard InChI is InChI=1S/C17H17N7O5S3/c1-2-29-21-9(12-20-17(18)32-22-12)13(25)19-10-14(26)24-11(16(27)28)8(6-31-15(10)24)5-23-3-4-30-7-23/h3-4,7,10,15H,2,5-6H2,1H3,(H3-,18,19,20,22,25,27,28)/b21-9-/t10-,15-/m1/s1. The van der Waals surface area contributed by atoms with Gasteiger partial charge < -0.3 is 25.8 Å². The third-order valence-electron chi connectivity index (χ3n) is 4.58. The Morgan fingerprint density at radius 2 is 2.31 bits per heavy atom. The number of anilines is 1. The van der Waals surface area contributed by atoms with E-state index in [0.29, 0.717) is 17.9 Å². The van der Waals surface area contributed by atoms with Crippen LogP contribution < -0.4 is 20.7 Å². The van der Waals surface area contributed by atoms with Crippen LogP contribution in [0.15, 0.2) is 33.5 Å². The molecule has 12 nitrogen and oxygen atoms in total. The molecule has 0 saturated carbocycles. The van der Waals surface area contributed by atoms with E-state index >= 15 is 0 Å². The van der Waals surface area contributed by atoms with Gasteiger partial charge in [0.15, 0.2) is 17.9 Å². The van der Waals surface area contributed by atoms with Crippen molar-refractivity contribution in [3.8, 4) is 0 Å². The second kappa shape index (κ2) is 9.22. The van der Waals surface area contributed by atoms with Crippen molar-refractivity contribution in [2.45, 2.75) is 24.9 Å². The number of carboxylic acid groups (broad SMARTS) is 1. The van der Waals surface area contributed by atoms with Crippen LogP contribution in [0.4, 0.5) is 5.13 Å². The predicted octanol–water partition coefficient (Wildman–Crippen LogP) is -1.69. The number of nitrogens with two attached hydrogens (primary N) is 1. The van der Waals surface area contributed by atoms with Gasteiger partial charge in [-0.05, 0) is 6.92 Å². The molecule has 2 aliphatic rings. The summed E-state index contributed by atoms with van der Waals surface area (Å²) in [5.41, 5.74) is 7.61. The second-order valence-electron chi connectivity index (χ2n) is 6.61. The summed E-state index contributed by atoms with van der Waals surface area (Å²) >= 11 is 3.72. The Labute approximate surface area is 193 Å². The van der Waals surface area contributed by atoms with Crippen molar-refractivity contribution in [2.75, 3.05) is 18.1 Å². The SMILES string of the molecule is CCO/N=C(\C(=O)N[C@@H]1C(=O)N2C(C(=O)[O-])=C(C[n+]3ccsc3)CS[C@H]12)c1nsc(N)n1. The molecule has 0 aliphatic carbocycles. The molecule has 3 N–H and O–H groups in total. The molecule has 15 heteroatoms. The van der Waals surface area contributed by atoms with E-state index in [0.717, 1.165) is 16.4 Å². The Hall–Kier alpha value is -3.04. The average molecular weight is 496 g/mol. The highest BCUT2D eigenvalue weighted by atomic mass is 32.2. The maximum Gasteiger partial charge on any atom is 0.278 e. The van der Waals surface area contributed by atoms with Crippen LogP contribution in [-0.4, -0.2) is 61.5 Å². The Bertz CT molecular complexity index is 1110. The van der Waals surface area contributed by atoms with Crippen molar-refractivity contribution in [3.63, 3.8) is 0 Å². The number of aliphatic carboxylic acids is 1. The molecule has 1 saturated heterocycles. The van der Waals surface area contributed by atoms with Crippen LogP contribution in [0.3, 0.4) is 0 Å². The maximum absolute atomic E-state index is 12.8. The number of nitrogens with zero attached hydrogens (tertiary/aromatic N) is 5. The molecule has 32 heavy (non-hydrogen) atoms. The van der Waals surface area contributed by atoms with Crippen molar-refractivity contribution in [1.82, 2.24) is 19.6 Å². The number of fused-ring (bicyclic) bond motifs is 1. The molecule has 2 aliphatic heterocycles. The van der Waals surface area contributed by atoms with Crippen LogP contribution in [0.1, 0.15) is 12.7 Å². The van der Waals surface area contributed by atoms with Crippen LogP contribution in [0.5, 0.6) is 0 Å². The van der Waals surface area contributed by atoms with Crippen LogP contribution in [0.25, 0.3) is 0 Å². The van der Waals surface area contributed by atoms with Gasteiger partial charge in [-0.2, -0.15) is 13.9 Å². The number of amides is 2. The number of β-lactam (4-membered cyclic amide) rings is 1. The summed E-state index contributed by atoms with van der Waals surface area (Å²) in [6.07, 6.45) is 1.82. The van der Waals surface area contributed by atoms with E-state index in [1.807, 2.05) is 21.7 Å². The zero-order valence-corrected chi connectivity index (χ0v) is 19.0. The highest BCUT2D eigenvalue weighted by Gasteiger charge is 2.53. The third-order valence-corrected chi connectivity index (χ3v) is 7.13. The monoisotopic (exact) mass is 495 g/mol. The maximum atomic E-state index is 12.8. The van der Waals surface area contributed by atoms with Crippen LogP contribution in [0, 0.1) is 0 Å². The molecule has 4 heterocycles. The summed E-state index contributed by atoms with van der Waals surface area (Å²) in [7, 11) is 0. The lowest BCUT2D eigenvalue weighted by atomic mass is 10.0. The quantitative estimate of drug-likeness (QED) is 0.188. The van der Waals surface area contributed by atoms with Crippen molar-refractivity contribution >= 4 is 63.3 Å². The van der Waals surface area contributed by atoms with E-state index in [1.165, 1.54) is 23.1 Å². The molecule has 0 unspecified atom stereocenters. The van der Waals surface area contributed by atoms with Crippen molar-refractivity contribution in [1.29, 1.82) is 0 Å².